The first kappa shape index (κ1) is 31.3. The zero-order valence-corrected chi connectivity index (χ0v) is 25.8. The number of aryl methyl sites for hydroxylation is 1. The summed E-state index contributed by atoms with van der Waals surface area (Å²) in [5.74, 6) is -0.590. The topological polar surface area (TPSA) is 189 Å². The van der Waals surface area contributed by atoms with Crippen molar-refractivity contribution in [1.29, 1.82) is 0 Å². The maximum Gasteiger partial charge on any atom is 0.286 e. The number of nitrogens with two attached hydrogens (primary N) is 1. The predicted octanol–water partition coefficient (Wildman–Crippen LogP) is 3.65. The first-order valence-corrected chi connectivity index (χ1v) is 15.5. The normalized spacial score (nSPS) is 13.0. The second-order valence-corrected chi connectivity index (χ2v) is 12.2. The summed E-state index contributed by atoms with van der Waals surface area (Å²) in [5.41, 5.74) is 7.59. The Morgan fingerprint density at radius 1 is 1.04 bits per heavy atom. The summed E-state index contributed by atoms with van der Waals surface area (Å²) in [5, 5.41) is 13.2. The quantitative estimate of drug-likeness (QED) is 0.231. The molecule has 1 aliphatic heterocycles. The van der Waals surface area contributed by atoms with Crippen molar-refractivity contribution in [3.63, 3.8) is 0 Å². The number of H-pyrrole nitrogens is 1. The molecule has 236 valence electrons. The van der Waals surface area contributed by atoms with Crippen LogP contribution in [0.15, 0.2) is 59.5 Å². The van der Waals surface area contributed by atoms with Crippen LogP contribution >= 0.6 is 0 Å². The molecule has 1 aliphatic rings. The Morgan fingerprint density at radius 3 is 2.42 bits per heavy atom. The molecule has 0 spiro atoms. The number of rotatable bonds is 12. The van der Waals surface area contributed by atoms with E-state index in [9.17, 15) is 18.0 Å². The molecule has 4 aromatic rings. The number of sulfonamides is 1. The van der Waals surface area contributed by atoms with E-state index >= 15 is 0 Å². The number of anilines is 1. The van der Waals surface area contributed by atoms with Crippen LogP contribution in [0.5, 0.6) is 23.0 Å². The van der Waals surface area contributed by atoms with Gasteiger partial charge >= 0.3 is 0 Å². The van der Waals surface area contributed by atoms with E-state index in [2.05, 4.69) is 20.6 Å². The highest BCUT2D eigenvalue weighted by molar-refractivity contribution is 7.93. The second-order valence-electron chi connectivity index (χ2n) is 10.4. The van der Waals surface area contributed by atoms with Gasteiger partial charge in [0.05, 0.1) is 12.0 Å². The van der Waals surface area contributed by atoms with E-state index in [1.54, 1.807) is 24.3 Å². The van der Waals surface area contributed by atoms with Gasteiger partial charge in [0.15, 0.2) is 11.5 Å². The van der Waals surface area contributed by atoms with Gasteiger partial charge in [-0.15, -0.1) is 5.10 Å². The average Bonchev–Trinajstić information content (AvgIpc) is 3.72. The Balaban J connectivity index is 1.51. The average molecular weight is 637 g/mol. The van der Waals surface area contributed by atoms with Crippen LogP contribution in [0.2, 0.25) is 0 Å². The Bertz CT molecular complexity index is 1810. The summed E-state index contributed by atoms with van der Waals surface area (Å²) >= 11 is 0. The summed E-state index contributed by atoms with van der Waals surface area (Å²) in [6.45, 7) is 5.88. The Morgan fingerprint density at radius 2 is 1.80 bits per heavy atom. The number of fused-ring (bicyclic) bond motifs is 1. The van der Waals surface area contributed by atoms with Crippen molar-refractivity contribution in [2.75, 3.05) is 18.2 Å². The molecule has 1 unspecified atom stereocenters. The van der Waals surface area contributed by atoms with Gasteiger partial charge in [-0.05, 0) is 71.1 Å². The van der Waals surface area contributed by atoms with E-state index in [0.29, 0.717) is 45.5 Å². The van der Waals surface area contributed by atoms with Gasteiger partial charge in [0, 0.05) is 11.1 Å². The fraction of sp³-hybridized carbons (Fsp3) is 0.300. The van der Waals surface area contributed by atoms with Gasteiger partial charge in [0.1, 0.15) is 5.75 Å². The number of aromatic amines is 1. The Kier molecular flexibility index (Phi) is 8.90. The number of hydrogen-bond donors (Lipinski definition) is 2. The molecule has 0 aliphatic carbocycles. The third-order valence-electron chi connectivity index (χ3n) is 7.10. The van der Waals surface area contributed by atoms with E-state index in [0.717, 1.165) is 5.56 Å². The molecule has 0 saturated carbocycles. The smallest absolute Gasteiger partial charge is 0.286 e. The molecule has 3 N–H and O–H groups in total. The number of nitrogens with zero attached hydrogens (tertiary/aromatic N) is 4. The van der Waals surface area contributed by atoms with Crippen molar-refractivity contribution in [3.8, 4) is 23.0 Å². The van der Waals surface area contributed by atoms with Crippen molar-refractivity contribution < 1.29 is 37.0 Å². The Hall–Kier alpha value is -5.18. The van der Waals surface area contributed by atoms with Crippen LogP contribution in [0.1, 0.15) is 66.3 Å². The molecule has 0 saturated heterocycles. The van der Waals surface area contributed by atoms with Crippen molar-refractivity contribution in [2.24, 2.45) is 5.73 Å². The van der Waals surface area contributed by atoms with Gasteiger partial charge in [-0.25, -0.2) is 8.42 Å². The molecule has 0 bridgehead atoms. The van der Waals surface area contributed by atoms with E-state index in [4.69, 9.17) is 24.7 Å². The number of hydrogen-bond acceptors (Lipinski definition) is 11. The number of aromatic nitrogens is 4. The van der Waals surface area contributed by atoms with Crippen molar-refractivity contribution >= 4 is 27.8 Å². The number of benzene rings is 3. The minimum atomic E-state index is -4.45. The van der Waals surface area contributed by atoms with Crippen molar-refractivity contribution in [3.05, 3.63) is 76.9 Å². The van der Waals surface area contributed by atoms with Gasteiger partial charge in [-0.2, -0.15) is 9.52 Å². The summed E-state index contributed by atoms with van der Waals surface area (Å²) < 4.78 is 50.5. The van der Waals surface area contributed by atoms with Crippen molar-refractivity contribution in [2.45, 2.75) is 50.5 Å². The van der Waals surface area contributed by atoms with Crippen LogP contribution in [0.4, 0.5) is 5.95 Å². The van der Waals surface area contributed by atoms with Crippen LogP contribution in [0.3, 0.4) is 0 Å². The Labute approximate surface area is 259 Å². The van der Waals surface area contributed by atoms with Crippen LogP contribution in [-0.4, -0.2) is 54.8 Å². The molecule has 0 radical (unpaired) electrons. The van der Waals surface area contributed by atoms with Crippen molar-refractivity contribution in [1.82, 2.24) is 20.6 Å². The number of carbonyl (C=O) groups is 2. The molecule has 15 heteroatoms. The highest BCUT2D eigenvalue weighted by atomic mass is 32.2. The number of ether oxygens (including phenoxy) is 4. The number of methoxy groups -OCH3 is 1. The van der Waals surface area contributed by atoms with E-state index in [-0.39, 0.29) is 28.9 Å². The molecular formula is C30H32N6O8S. The standard InChI is InChI=1S/C30H32N6O8S/c1-5-6-19-13-20(9-12-23(19)44-26(28(31)37)21-14-24(41-4)27-25(15-21)42-16-43-27)29(38)36(30-32-34-35-33-30)45(39,40)22-10-7-18(8-11-22)17(2)3/h7-15,17,26H,5-6,16H2,1-4H3,(H2,31,37)(H,32,33,34,35). The number of primary amides is 1. The monoisotopic (exact) mass is 636 g/mol. The number of carbonyl (C=O) groups excluding carboxylic acids is 2. The molecule has 1 atom stereocenters. The van der Waals surface area contributed by atoms with E-state index in [1.165, 1.54) is 37.4 Å². The highest BCUT2D eigenvalue weighted by Crippen LogP contribution is 2.43. The second kappa shape index (κ2) is 12.8. The molecule has 1 aromatic heterocycles. The highest BCUT2D eigenvalue weighted by Gasteiger charge is 2.35. The molecule has 45 heavy (non-hydrogen) atoms. The largest absolute Gasteiger partial charge is 0.493 e. The van der Waals surface area contributed by atoms with Crippen LogP contribution in [0, 0.1) is 0 Å². The lowest BCUT2D eigenvalue weighted by Gasteiger charge is -2.22. The zero-order valence-electron chi connectivity index (χ0n) is 25.0. The number of tetrazole rings is 1. The predicted molar refractivity (Wildman–Crippen MR) is 161 cm³/mol. The zero-order chi connectivity index (χ0) is 32.3. The maximum absolute atomic E-state index is 13.9. The third kappa shape index (κ3) is 6.24. The molecule has 2 heterocycles. The van der Waals surface area contributed by atoms with Gasteiger partial charge in [-0.3, -0.25) is 9.59 Å². The van der Waals surface area contributed by atoms with Crippen LogP contribution < -0.4 is 29.0 Å². The fourth-order valence-corrected chi connectivity index (χ4v) is 6.12. The van der Waals surface area contributed by atoms with Crippen LogP contribution in [0.25, 0.3) is 0 Å². The number of nitrogens with one attached hydrogen (secondary N) is 1. The number of amides is 2. The fourth-order valence-electron chi connectivity index (χ4n) is 4.81. The summed E-state index contributed by atoms with van der Waals surface area (Å²) in [4.78, 5) is 26.4. The van der Waals surface area contributed by atoms with Gasteiger partial charge < -0.3 is 24.7 Å². The third-order valence-corrected chi connectivity index (χ3v) is 8.78. The molecular weight excluding hydrogens is 604 g/mol. The first-order valence-electron chi connectivity index (χ1n) is 14.0. The molecule has 2 amide bonds. The lowest BCUT2D eigenvalue weighted by atomic mass is 10.0. The lowest BCUT2D eigenvalue weighted by Crippen LogP contribution is -2.38. The lowest BCUT2D eigenvalue weighted by molar-refractivity contribution is -0.125. The minimum absolute atomic E-state index is 0.00671. The summed E-state index contributed by atoms with van der Waals surface area (Å²) in [7, 11) is -3.00. The first-order chi connectivity index (χ1) is 21.5. The molecule has 5 rings (SSSR count). The van der Waals surface area contributed by atoms with Gasteiger partial charge in [0.25, 0.3) is 27.8 Å². The van der Waals surface area contributed by atoms with Crippen LogP contribution in [-0.2, 0) is 21.2 Å². The van der Waals surface area contributed by atoms with E-state index in [1.807, 2.05) is 20.8 Å². The molecule has 0 fully saturated rings. The minimum Gasteiger partial charge on any atom is -0.493 e. The van der Waals surface area contributed by atoms with Gasteiger partial charge in [-0.1, -0.05) is 44.4 Å². The summed E-state index contributed by atoms with van der Waals surface area (Å²) in [6, 6.07) is 13.8. The van der Waals surface area contributed by atoms with E-state index < -0.39 is 33.9 Å². The maximum atomic E-state index is 13.9. The van der Waals surface area contributed by atoms with Gasteiger partial charge in [0.2, 0.25) is 18.6 Å². The molecule has 14 nitrogen and oxygen atoms in total. The summed E-state index contributed by atoms with van der Waals surface area (Å²) in [6.07, 6.45) is -0.184. The SMILES string of the molecule is CCCc1cc(C(=O)N(c2nn[nH]n2)S(=O)(=O)c2ccc(C(C)C)cc2)ccc1OC(C(N)=O)c1cc(OC)c2c(c1)OCO2. The molecule has 3 aromatic carbocycles.